The van der Waals surface area contributed by atoms with Crippen LogP contribution in [0.4, 0.5) is 10.7 Å². The van der Waals surface area contributed by atoms with Gasteiger partial charge in [-0.05, 0) is 102 Å². The number of aromatic carboxylic acids is 1. The lowest BCUT2D eigenvalue weighted by molar-refractivity contribution is 0.0696. The van der Waals surface area contributed by atoms with Crippen molar-refractivity contribution >= 4 is 51.7 Å². The zero-order valence-electron chi connectivity index (χ0n) is 25.1. The van der Waals surface area contributed by atoms with Crippen molar-refractivity contribution in [2.24, 2.45) is 16.3 Å². The number of carboxylic acids is 1. The molecule has 1 heterocycles. The number of nitrogens with zero attached hydrogens (tertiary/aromatic N) is 1. The molecular formula is C35H35ClN2O5S. The fourth-order valence-electron chi connectivity index (χ4n) is 5.33. The van der Waals surface area contributed by atoms with E-state index in [1.165, 1.54) is 4.88 Å². The Bertz CT molecular complexity index is 1710. The molecule has 0 aliphatic heterocycles. The number of aliphatic imine (C=N–C) groups is 1. The molecule has 1 aromatic heterocycles. The Labute approximate surface area is 266 Å². The number of amides is 1. The fourth-order valence-corrected chi connectivity index (χ4v) is 6.73. The second kappa shape index (κ2) is 13.2. The maximum Gasteiger partial charge on any atom is 0.335 e. The van der Waals surface area contributed by atoms with Crippen molar-refractivity contribution in [1.29, 1.82) is 0 Å². The molecule has 2 N–H and O–H groups in total. The van der Waals surface area contributed by atoms with Crippen LogP contribution in [0.5, 0.6) is 11.5 Å². The molecule has 5 rings (SSSR count). The van der Waals surface area contributed by atoms with Crippen LogP contribution in [-0.4, -0.2) is 30.3 Å². The molecule has 0 radical (unpaired) electrons. The van der Waals surface area contributed by atoms with E-state index in [9.17, 15) is 14.7 Å². The van der Waals surface area contributed by atoms with Gasteiger partial charge in [0.05, 0.1) is 18.2 Å². The van der Waals surface area contributed by atoms with E-state index in [-0.39, 0.29) is 23.5 Å². The first kappa shape index (κ1) is 31.3. The summed E-state index contributed by atoms with van der Waals surface area (Å²) < 4.78 is 11.5. The van der Waals surface area contributed by atoms with E-state index < -0.39 is 5.97 Å². The number of rotatable bonds is 9. The van der Waals surface area contributed by atoms with Gasteiger partial charge in [-0.2, -0.15) is 0 Å². The highest BCUT2D eigenvalue weighted by Crippen LogP contribution is 2.45. The lowest BCUT2D eigenvalue weighted by Gasteiger charge is -2.33. The third-order valence-electron chi connectivity index (χ3n) is 7.89. The number of methoxy groups -OCH3 is 1. The first-order valence-corrected chi connectivity index (χ1v) is 15.6. The molecule has 9 heteroatoms. The molecule has 0 saturated heterocycles. The van der Waals surface area contributed by atoms with Crippen molar-refractivity contribution in [3.05, 3.63) is 104 Å². The van der Waals surface area contributed by atoms with Gasteiger partial charge in [0.25, 0.3) is 5.91 Å². The minimum atomic E-state index is -0.987. The van der Waals surface area contributed by atoms with Gasteiger partial charge >= 0.3 is 5.97 Å². The van der Waals surface area contributed by atoms with Crippen LogP contribution in [0, 0.1) is 11.3 Å². The first-order chi connectivity index (χ1) is 21.0. The van der Waals surface area contributed by atoms with E-state index in [2.05, 4.69) is 26.1 Å². The van der Waals surface area contributed by atoms with Crippen LogP contribution in [0.3, 0.4) is 0 Å². The normalized spacial score (nSPS) is 14.7. The van der Waals surface area contributed by atoms with Crippen molar-refractivity contribution in [3.63, 3.8) is 0 Å². The smallest absolute Gasteiger partial charge is 0.335 e. The van der Waals surface area contributed by atoms with Crippen molar-refractivity contribution in [2.75, 3.05) is 12.4 Å². The van der Waals surface area contributed by atoms with Gasteiger partial charge in [0.15, 0.2) is 11.5 Å². The van der Waals surface area contributed by atoms with E-state index in [0.29, 0.717) is 38.7 Å². The highest BCUT2D eigenvalue weighted by molar-refractivity contribution is 7.16. The number of nitrogens with one attached hydrogen (secondary N) is 1. The molecular weight excluding hydrogens is 596 g/mol. The first-order valence-electron chi connectivity index (χ1n) is 14.4. The average molecular weight is 631 g/mol. The summed E-state index contributed by atoms with van der Waals surface area (Å²) in [6.07, 6.45) is 4.52. The summed E-state index contributed by atoms with van der Waals surface area (Å²) >= 11 is 7.63. The third-order valence-corrected chi connectivity index (χ3v) is 9.30. The Morgan fingerprint density at radius 3 is 2.57 bits per heavy atom. The number of anilines is 1. The van der Waals surface area contributed by atoms with Gasteiger partial charge in [-0.1, -0.05) is 44.5 Å². The van der Waals surface area contributed by atoms with Gasteiger partial charge in [0.1, 0.15) is 11.6 Å². The van der Waals surface area contributed by atoms with Gasteiger partial charge in [-0.25, -0.2) is 9.79 Å². The summed E-state index contributed by atoms with van der Waals surface area (Å²) in [4.78, 5) is 31.0. The molecule has 4 aromatic rings. The van der Waals surface area contributed by atoms with E-state index >= 15 is 0 Å². The van der Waals surface area contributed by atoms with Crippen molar-refractivity contribution in [3.8, 4) is 11.5 Å². The van der Waals surface area contributed by atoms with Crippen LogP contribution in [-0.2, 0) is 19.4 Å². The SMILES string of the molecule is COc1cc(C=Nc2sc3c(c2C(=O)Nc2ccc(Cl)cc2)CC[C@H](C(C)(C)C)C3)ccc1OCc1cccc(C(=O)O)c1. The predicted octanol–water partition coefficient (Wildman–Crippen LogP) is 8.84. The highest BCUT2D eigenvalue weighted by Gasteiger charge is 2.33. The van der Waals surface area contributed by atoms with Crippen LogP contribution in [0.2, 0.25) is 5.02 Å². The van der Waals surface area contributed by atoms with Crippen LogP contribution in [0.15, 0.2) is 71.7 Å². The Kier molecular flexibility index (Phi) is 9.42. The Morgan fingerprint density at radius 1 is 1.09 bits per heavy atom. The molecule has 1 amide bonds. The van der Waals surface area contributed by atoms with Gasteiger partial charge in [0.2, 0.25) is 0 Å². The summed E-state index contributed by atoms with van der Waals surface area (Å²) in [5, 5.41) is 13.6. The predicted molar refractivity (Wildman–Crippen MR) is 177 cm³/mol. The number of hydrogen-bond acceptors (Lipinski definition) is 6. The molecule has 0 spiro atoms. The molecule has 0 fully saturated rings. The minimum absolute atomic E-state index is 0.177. The number of thiophene rings is 1. The monoisotopic (exact) mass is 630 g/mol. The van der Waals surface area contributed by atoms with Crippen LogP contribution in [0.25, 0.3) is 0 Å². The molecule has 1 atom stereocenters. The number of ether oxygens (including phenoxy) is 2. The lowest BCUT2D eigenvalue weighted by Crippen LogP contribution is -2.27. The van der Waals surface area contributed by atoms with Crippen molar-refractivity contribution < 1.29 is 24.2 Å². The number of benzene rings is 3. The topological polar surface area (TPSA) is 97.2 Å². The summed E-state index contributed by atoms with van der Waals surface area (Å²) in [5.74, 6) is 0.399. The van der Waals surface area contributed by atoms with E-state index in [1.807, 2.05) is 18.2 Å². The Hall–Kier alpha value is -4.14. The third kappa shape index (κ3) is 7.31. The van der Waals surface area contributed by atoms with Crippen LogP contribution < -0.4 is 14.8 Å². The highest BCUT2D eigenvalue weighted by atomic mass is 35.5. The molecule has 44 heavy (non-hydrogen) atoms. The number of carboxylic acid groups (broad SMARTS) is 1. The summed E-state index contributed by atoms with van der Waals surface area (Å²) in [7, 11) is 1.56. The van der Waals surface area contributed by atoms with Crippen LogP contribution in [0.1, 0.15) is 69.5 Å². The molecule has 1 aliphatic rings. The molecule has 228 valence electrons. The van der Waals surface area contributed by atoms with Gasteiger partial charge < -0.3 is 19.9 Å². The second-order valence-electron chi connectivity index (χ2n) is 11.9. The van der Waals surface area contributed by atoms with Gasteiger partial charge in [-0.3, -0.25) is 4.79 Å². The molecule has 7 nitrogen and oxygen atoms in total. The van der Waals surface area contributed by atoms with Crippen molar-refractivity contribution in [1.82, 2.24) is 0 Å². The maximum absolute atomic E-state index is 13.7. The largest absolute Gasteiger partial charge is 0.493 e. The molecule has 0 bridgehead atoms. The van der Waals surface area contributed by atoms with Gasteiger partial charge in [-0.15, -0.1) is 11.3 Å². The summed E-state index contributed by atoms with van der Waals surface area (Å²) in [5.41, 5.74) is 4.28. The zero-order valence-corrected chi connectivity index (χ0v) is 26.7. The van der Waals surface area contributed by atoms with E-state index in [0.717, 1.165) is 36.0 Å². The minimum Gasteiger partial charge on any atom is -0.493 e. The number of hydrogen-bond donors (Lipinski definition) is 2. The maximum atomic E-state index is 13.7. The van der Waals surface area contributed by atoms with Crippen LogP contribution >= 0.6 is 22.9 Å². The summed E-state index contributed by atoms with van der Waals surface area (Å²) in [6.45, 7) is 7.01. The lowest BCUT2D eigenvalue weighted by atomic mass is 9.72. The fraction of sp³-hybridized carbons (Fsp3) is 0.286. The number of carbonyl (C=O) groups excluding carboxylic acids is 1. The second-order valence-corrected chi connectivity index (χ2v) is 13.4. The summed E-state index contributed by atoms with van der Waals surface area (Å²) in [6, 6.07) is 19.2. The van der Waals surface area contributed by atoms with Crippen molar-refractivity contribution in [2.45, 2.75) is 46.6 Å². The number of halogens is 1. The average Bonchev–Trinajstić information content (AvgIpc) is 3.38. The molecule has 0 saturated carbocycles. The van der Waals surface area contributed by atoms with E-state index in [4.69, 9.17) is 26.1 Å². The quantitative estimate of drug-likeness (QED) is 0.180. The Morgan fingerprint density at radius 2 is 1.86 bits per heavy atom. The van der Waals surface area contributed by atoms with Gasteiger partial charge in [0, 0.05) is 21.8 Å². The molecule has 1 aliphatic carbocycles. The van der Waals surface area contributed by atoms with E-state index in [1.54, 1.807) is 73.2 Å². The zero-order chi connectivity index (χ0) is 31.4. The molecule has 3 aromatic carbocycles. The standard InChI is InChI=1S/C35H35ClN2O5S/c1-35(2,3)24-9-14-27-30(18-24)44-33(31(27)32(39)38-26-12-10-25(36)11-13-26)37-19-21-8-15-28(29(17-21)42-4)43-20-22-6-5-7-23(16-22)34(40)41/h5-8,10-13,15-17,19,24H,9,14,18,20H2,1-4H3,(H,38,39)(H,40,41)/t24-/m0/s1. The number of carbonyl (C=O) groups is 2. The molecule has 0 unspecified atom stereocenters. The Balaban J connectivity index is 1.40. The number of fused-ring (bicyclic) bond motifs is 1.